The normalized spacial score (nSPS) is 18.1. The molecule has 0 spiro atoms. The highest BCUT2D eigenvalue weighted by molar-refractivity contribution is 8.15. The van der Waals surface area contributed by atoms with Gasteiger partial charge in [-0.05, 0) is 49.6 Å². The SMILES string of the molecule is CCNC(=O)C1CC(=O)N(CCCc2ccccc2)C(=Nc2ccc(Cl)cc2)S1. The molecule has 0 saturated carbocycles. The standard InChI is InChI=1S/C22H24ClN3O2S/c1-2-24-21(28)19-15-20(27)26(14-6-9-16-7-4-3-5-8-16)22(29-19)25-18-12-10-17(23)11-13-18/h3-5,7-8,10-13,19H,2,6,9,14-15H2,1H3,(H,24,28). The second-order valence-corrected chi connectivity index (χ2v) is 8.32. The van der Waals surface area contributed by atoms with Gasteiger partial charge in [-0.25, -0.2) is 4.99 Å². The first-order chi connectivity index (χ1) is 14.1. The van der Waals surface area contributed by atoms with E-state index in [1.807, 2.05) is 25.1 Å². The van der Waals surface area contributed by atoms with Crippen molar-refractivity contribution in [3.8, 4) is 0 Å². The zero-order chi connectivity index (χ0) is 20.6. The van der Waals surface area contributed by atoms with Gasteiger partial charge in [0, 0.05) is 24.5 Å². The van der Waals surface area contributed by atoms with Crippen LogP contribution in [-0.2, 0) is 16.0 Å². The Hall–Kier alpha value is -2.31. The molecular formula is C22H24ClN3O2S. The summed E-state index contributed by atoms with van der Waals surface area (Å²) in [4.78, 5) is 31.5. The number of hydrogen-bond acceptors (Lipinski definition) is 4. The van der Waals surface area contributed by atoms with Gasteiger partial charge < -0.3 is 5.32 Å². The van der Waals surface area contributed by atoms with E-state index in [0.717, 1.165) is 12.8 Å². The Morgan fingerprint density at radius 3 is 2.62 bits per heavy atom. The molecule has 29 heavy (non-hydrogen) atoms. The summed E-state index contributed by atoms with van der Waals surface area (Å²) in [5, 5.41) is 3.53. The molecule has 2 aromatic rings. The predicted octanol–water partition coefficient (Wildman–Crippen LogP) is 4.43. The van der Waals surface area contributed by atoms with E-state index in [0.29, 0.717) is 29.0 Å². The Morgan fingerprint density at radius 1 is 1.21 bits per heavy atom. The highest BCUT2D eigenvalue weighted by Gasteiger charge is 2.35. The first kappa shape index (κ1) is 21.4. The lowest BCUT2D eigenvalue weighted by Crippen LogP contribution is -2.47. The molecular weight excluding hydrogens is 406 g/mol. The van der Waals surface area contributed by atoms with E-state index in [-0.39, 0.29) is 18.2 Å². The molecule has 1 fully saturated rings. The molecule has 0 bridgehead atoms. The third kappa shape index (κ3) is 6.08. The Balaban J connectivity index is 1.76. The number of nitrogens with one attached hydrogen (secondary N) is 1. The molecule has 1 atom stereocenters. The molecule has 1 saturated heterocycles. The van der Waals surface area contributed by atoms with Crippen molar-refractivity contribution in [2.24, 2.45) is 4.99 Å². The fraction of sp³-hybridized carbons (Fsp3) is 0.318. The lowest BCUT2D eigenvalue weighted by molar-refractivity contribution is -0.130. The van der Waals surface area contributed by atoms with E-state index >= 15 is 0 Å². The average molecular weight is 430 g/mol. The summed E-state index contributed by atoms with van der Waals surface area (Å²) in [5.41, 5.74) is 1.94. The molecule has 1 N–H and O–H groups in total. The molecule has 0 aromatic heterocycles. The third-order valence-corrected chi connectivity index (χ3v) is 5.96. The lowest BCUT2D eigenvalue weighted by Gasteiger charge is -2.31. The van der Waals surface area contributed by atoms with E-state index in [1.54, 1.807) is 29.2 Å². The van der Waals surface area contributed by atoms with Gasteiger partial charge in [0.2, 0.25) is 11.8 Å². The number of aliphatic imine (C=N–C) groups is 1. The van der Waals surface area contributed by atoms with Gasteiger partial charge in [-0.3, -0.25) is 14.5 Å². The number of halogens is 1. The summed E-state index contributed by atoms with van der Waals surface area (Å²) in [6.07, 6.45) is 1.88. The topological polar surface area (TPSA) is 61.8 Å². The fourth-order valence-corrected chi connectivity index (χ4v) is 4.34. The van der Waals surface area contributed by atoms with Gasteiger partial charge in [0.1, 0.15) is 0 Å². The van der Waals surface area contributed by atoms with Crippen molar-refractivity contribution in [3.63, 3.8) is 0 Å². The first-order valence-corrected chi connectivity index (χ1v) is 11.0. The van der Waals surface area contributed by atoms with Gasteiger partial charge in [-0.1, -0.05) is 53.7 Å². The summed E-state index contributed by atoms with van der Waals surface area (Å²) in [6.45, 7) is 2.97. The van der Waals surface area contributed by atoms with E-state index in [2.05, 4.69) is 22.4 Å². The third-order valence-electron chi connectivity index (χ3n) is 4.52. The van der Waals surface area contributed by atoms with Crippen molar-refractivity contribution >= 4 is 46.0 Å². The number of carbonyl (C=O) groups is 2. The fourth-order valence-electron chi connectivity index (χ4n) is 3.06. The van der Waals surface area contributed by atoms with Crippen LogP contribution in [0.4, 0.5) is 5.69 Å². The van der Waals surface area contributed by atoms with Crippen molar-refractivity contribution < 1.29 is 9.59 Å². The predicted molar refractivity (Wildman–Crippen MR) is 120 cm³/mol. The lowest BCUT2D eigenvalue weighted by atomic mass is 10.1. The molecule has 1 heterocycles. The quantitative estimate of drug-likeness (QED) is 0.708. The molecule has 2 amide bonds. The number of rotatable bonds is 7. The van der Waals surface area contributed by atoms with E-state index in [4.69, 9.17) is 11.6 Å². The van der Waals surface area contributed by atoms with Crippen molar-refractivity contribution in [2.75, 3.05) is 13.1 Å². The second-order valence-electron chi connectivity index (χ2n) is 6.71. The van der Waals surface area contributed by atoms with Crippen LogP contribution in [0.15, 0.2) is 59.6 Å². The van der Waals surface area contributed by atoms with Crippen LogP contribution in [0.5, 0.6) is 0 Å². The maximum atomic E-state index is 12.8. The maximum Gasteiger partial charge on any atom is 0.234 e. The first-order valence-electron chi connectivity index (χ1n) is 9.69. The van der Waals surface area contributed by atoms with Crippen LogP contribution in [0.2, 0.25) is 5.02 Å². The zero-order valence-electron chi connectivity index (χ0n) is 16.3. The minimum Gasteiger partial charge on any atom is -0.355 e. The summed E-state index contributed by atoms with van der Waals surface area (Å²) < 4.78 is 0. The van der Waals surface area contributed by atoms with Crippen LogP contribution in [0.25, 0.3) is 0 Å². The number of nitrogens with zero attached hydrogens (tertiary/aromatic N) is 2. The minimum absolute atomic E-state index is 0.0687. The van der Waals surface area contributed by atoms with Crippen molar-refractivity contribution in [1.82, 2.24) is 10.2 Å². The molecule has 5 nitrogen and oxygen atoms in total. The molecule has 1 aliphatic heterocycles. The van der Waals surface area contributed by atoms with E-state index in [1.165, 1.54) is 17.3 Å². The van der Waals surface area contributed by atoms with Crippen molar-refractivity contribution in [2.45, 2.75) is 31.4 Å². The van der Waals surface area contributed by atoms with E-state index < -0.39 is 5.25 Å². The van der Waals surface area contributed by atoms with Crippen LogP contribution < -0.4 is 5.32 Å². The van der Waals surface area contributed by atoms with Gasteiger partial charge in [0.15, 0.2) is 5.17 Å². The summed E-state index contributed by atoms with van der Waals surface area (Å²) >= 11 is 7.31. The number of aryl methyl sites for hydroxylation is 1. The van der Waals surface area contributed by atoms with Crippen LogP contribution in [-0.4, -0.2) is 40.2 Å². The largest absolute Gasteiger partial charge is 0.355 e. The zero-order valence-corrected chi connectivity index (χ0v) is 17.9. The Kier molecular flexibility index (Phi) is 7.72. The van der Waals surface area contributed by atoms with Gasteiger partial charge in [-0.15, -0.1) is 0 Å². The van der Waals surface area contributed by atoms with Gasteiger partial charge >= 0.3 is 0 Å². The monoisotopic (exact) mass is 429 g/mol. The summed E-state index contributed by atoms with van der Waals surface area (Å²) in [5.74, 6) is -0.195. The van der Waals surface area contributed by atoms with Crippen LogP contribution >= 0.6 is 23.4 Å². The van der Waals surface area contributed by atoms with Crippen LogP contribution in [0.1, 0.15) is 25.3 Å². The van der Waals surface area contributed by atoms with Gasteiger partial charge in [0.25, 0.3) is 0 Å². The number of thioether (sulfide) groups is 1. The van der Waals surface area contributed by atoms with Crippen molar-refractivity contribution in [1.29, 1.82) is 0 Å². The molecule has 7 heteroatoms. The van der Waals surface area contributed by atoms with Gasteiger partial charge in [-0.2, -0.15) is 0 Å². The number of amidine groups is 1. The minimum atomic E-state index is -0.459. The maximum absolute atomic E-state index is 12.8. The van der Waals surface area contributed by atoms with Crippen LogP contribution in [0, 0.1) is 0 Å². The number of hydrogen-bond donors (Lipinski definition) is 1. The van der Waals surface area contributed by atoms with E-state index in [9.17, 15) is 9.59 Å². The Morgan fingerprint density at radius 2 is 1.93 bits per heavy atom. The molecule has 1 unspecified atom stereocenters. The average Bonchev–Trinajstić information content (AvgIpc) is 2.72. The highest BCUT2D eigenvalue weighted by Crippen LogP contribution is 2.29. The Bertz CT molecular complexity index is 871. The number of carbonyl (C=O) groups excluding carboxylic acids is 2. The Labute approximate surface area is 180 Å². The molecule has 0 aliphatic carbocycles. The molecule has 152 valence electrons. The van der Waals surface area contributed by atoms with Crippen molar-refractivity contribution in [3.05, 3.63) is 65.2 Å². The smallest absolute Gasteiger partial charge is 0.234 e. The summed E-state index contributed by atoms with van der Waals surface area (Å²) in [6, 6.07) is 17.3. The molecule has 3 rings (SSSR count). The molecule has 2 aromatic carbocycles. The molecule has 1 aliphatic rings. The number of amides is 2. The number of benzene rings is 2. The second kappa shape index (κ2) is 10.5. The highest BCUT2D eigenvalue weighted by atomic mass is 35.5. The summed E-state index contributed by atoms with van der Waals surface area (Å²) in [7, 11) is 0. The van der Waals surface area contributed by atoms with Crippen LogP contribution in [0.3, 0.4) is 0 Å². The molecule has 0 radical (unpaired) electrons. The van der Waals surface area contributed by atoms with Gasteiger partial charge in [0.05, 0.1) is 10.9 Å².